The van der Waals surface area contributed by atoms with E-state index in [1.807, 2.05) is 0 Å². The zero-order chi connectivity index (χ0) is 59.2. The van der Waals surface area contributed by atoms with Crippen LogP contribution in [0.1, 0.15) is 335 Å². The summed E-state index contributed by atoms with van der Waals surface area (Å²) in [4.78, 5) is 38.4. The number of carbonyl (C=O) groups is 3. The topological polar surface area (TPSA) is 78.9 Å². The highest BCUT2D eigenvalue weighted by Crippen LogP contribution is 2.17. The van der Waals surface area contributed by atoms with Gasteiger partial charge in [0, 0.05) is 19.3 Å². The van der Waals surface area contributed by atoms with Gasteiger partial charge in [-0.1, -0.05) is 304 Å². The molecule has 0 radical (unpaired) electrons. The molecule has 0 N–H and O–H groups in total. The van der Waals surface area contributed by atoms with Crippen LogP contribution in [0.5, 0.6) is 0 Å². The first-order valence-corrected chi connectivity index (χ1v) is 34.9. The maximum atomic E-state index is 12.9. The molecule has 82 heavy (non-hydrogen) atoms. The van der Waals surface area contributed by atoms with E-state index in [2.05, 4.69) is 130 Å². The van der Waals surface area contributed by atoms with Crippen LogP contribution in [-0.2, 0) is 28.6 Å². The molecule has 6 heteroatoms. The summed E-state index contributed by atoms with van der Waals surface area (Å²) in [6.45, 7) is 6.43. The van der Waals surface area contributed by atoms with Crippen LogP contribution in [-0.4, -0.2) is 37.2 Å². The van der Waals surface area contributed by atoms with Crippen molar-refractivity contribution in [2.75, 3.05) is 13.2 Å². The predicted molar refractivity (Wildman–Crippen MR) is 357 cm³/mol. The van der Waals surface area contributed by atoms with Crippen LogP contribution in [0.15, 0.2) is 109 Å². The number of esters is 3. The van der Waals surface area contributed by atoms with Crippen LogP contribution in [0.3, 0.4) is 0 Å². The number of allylic oxidation sites excluding steroid dienone is 18. The number of ether oxygens (including phenoxy) is 3. The first kappa shape index (κ1) is 78.1. The molecule has 0 fully saturated rings. The lowest BCUT2D eigenvalue weighted by atomic mass is 10.0. The van der Waals surface area contributed by atoms with Gasteiger partial charge in [0.25, 0.3) is 0 Å². The Balaban J connectivity index is 4.26. The van der Waals surface area contributed by atoms with Crippen LogP contribution < -0.4 is 0 Å². The molecule has 0 rings (SSSR count). The summed E-state index contributed by atoms with van der Waals surface area (Å²) in [5.74, 6) is -0.888. The van der Waals surface area contributed by atoms with Gasteiger partial charge < -0.3 is 14.2 Å². The molecule has 0 aliphatic carbocycles. The first-order valence-electron chi connectivity index (χ1n) is 34.9. The molecular weight excluding hydrogens is 1010 g/mol. The minimum Gasteiger partial charge on any atom is -0.462 e. The average molecular weight is 1140 g/mol. The lowest BCUT2D eigenvalue weighted by Gasteiger charge is -2.18. The second-order valence-corrected chi connectivity index (χ2v) is 23.0. The normalized spacial score (nSPS) is 12.8. The Morgan fingerprint density at radius 2 is 0.476 bits per heavy atom. The van der Waals surface area contributed by atoms with Crippen molar-refractivity contribution in [3.8, 4) is 0 Å². The van der Waals surface area contributed by atoms with Crippen molar-refractivity contribution in [1.82, 2.24) is 0 Å². The summed E-state index contributed by atoms with van der Waals surface area (Å²) in [7, 11) is 0. The summed E-state index contributed by atoms with van der Waals surface area (Å²) in [6.07, 6.45) is 95.4. The van der Waals surface area contributed by atoms with Crippen LogP contribution in [0, 0.1) is 0 Å². The van der Waals surface area contributed by atoms with Crippen molar-refractivity contribution >= 4 is 17.9 Å². The van der Waals surface area contributed by atoms with Crippen molar-refractivity contribution in [2.24, 2.45) is 0 Å². The van der Waals surface area contributed by atoms with Crippen LogP contribution in [0.4, 0.5) is 0 Å². The molecule has 6 nitrogen and oxygen atoms in total. The molecule has 0 saturated carbocycles. The van der Waals surface area contributed by atoms with Crippen molar-refractivity contribution in [2.45, 2.75) is 341 Å². The Bertz CT molecular complexity index is 1640. The van der Waals surface area contributed by atoms with Gasteiger partial charge in [0.1, 0.15) is 13.2 Å². The lowest BCUT2D eigenvalue weighted by Crippen LogP contribution is -2.30. The summed E-state index contributed by atoms with van der Waals surface area (Å²) in [6, 6.07) is 0. The van der Waals surface area contributed by atoms with E-state index in [1.165, 1.54) is 173 Å². The molecule has 0 amide bonds. The van der Waals surface area contributed by atoms with Crippen molar-refractivity contribution in [3.05, 3.63) is 109 Å². The van der Waals surface area contributed by atoms with Gasteiger partial charge in [0.15, 0.2) is 6.10 Å². The monoisotopic (exact) mass is 1140 g/mol. The fourth-order valence-electron chi connectivity index (χ4n) is 9.83. The van der Waals surface area contributed by atoms with Crippen LogP contribution in [0.25, 0.3) is 0 Å². The van der Waals surface area contributed by atoms with Gasteiger partial charge in [-0.3, -0.25) is 14.4 Å². The molecule has 1 unspecified atom stereocenters. The Kier molecular flexibility index (Phi) is 66.2. The number of hydrogen-bond donors (Lipinski definition) is 0. The number of carbonyl (C=O) groups excluding carboxylic acids is 3. The summed E-state index contributed by atoms with van der Waals surface area (Å²) < 4.78 is 17.0. The zero-order valence-electron chi connectivity index (χ0n) is 54.0. The standard InChI is InChI=1S/C76H130O6/c1-4-7-10-13-16-19-22-25-28-31-32-33-34-35-36-37-38-39-40-41-42-43-44-46-48-51-54-57-60-63-66-69-75(78)81-72-73(71-80-74(77)68-65-62-59-56-53-50-47-30-27-24-21-18-15-12-9-6-3)82-76(79)70-67-64-61-58-55-52-49-45-29-26-23-20-17-14-11-8-5-2/h7-8,10-11,16-17,19-20,25-26,28-30,32-33,35-36,47,73H,4-6,9,12-15,18,21-24,27,31,34,37-46,48-72H2,1-3H3/b10-7-,11-8-,19-16-,20-17-,28-25-,29-26-,33-32-,36-35-,47-30-. The molecule has 0 aromatic rings. The second-order valence-electron chi connectivity index (χ2n) is 23.0. The molecule has 0 aromatic carbocycles. The Labute approximate surface area is 508 Å². The zero-order valence-corrected chi connectivity index (χ0v) is 54.0. The SMILES string of the molecule is CC/C=C\C/C=C\C/C=C\C/C=C\C/C=C\CCCCCCCCCCCCCCCCCC(=O)OCC(COC(=O)CCCCCCC/C=C\CCCCCCCCC)OC(=O)CCCCCCCCC/C=C\C/C=C\C/C=C\CC. The lowest BCUT2D eigenvalue weighted by molar-refractivity contribution is -0.167. The Morgan fingerprint density at radius 1 is 0.256 bits per heavy atom. The van der Waals surface area contributed by atoms with Gasteiger partial charge in [0.2, 0.25) is 0 Å². The van der Waals surface area contributed by atoms with Crippen molar-refractivity contribution in [3.63, 3.8) is 0 Å². The summed E-state index contributed by atoms with van der Waals surface area (Å²) >= 11 is 0. The molecule has 0 aliphatic heterocycles. The van der Waals surface area contributed by atoms with E-state index in [0.717, 1.165) is 122 Å². The number of rotatable bonds is 63. The van der Waals surface area contributed by atoms with Crippen LogP contribution in [0.2, 0.25) is 0 Å². The van der Waals surface area contributed by atoms with Gasteiger partial charge in [-0.25, -0.2) is 0 Å². The third-order valence-electron chi connectivity index (χ3n) is 15.0. The van der Waals surface area contributed by atoms with E-state index in [4.69, 9.17) is 14.2 Å². The van der Waals surface area contributed by atoms with E-state index in [0.29, 0.717) is 19.3 Å². The molecule has 470 valence electrons. The highest BCUT2D eigenvalue weighted by Gasteiger charge is 2.19. The quantitative estimate of drug-likeness (QED) is 0.0261. The molecule has 1 atom stereocenters. The second kappa shape index (κ2) is 69.6. The van der Waals surface area contributed by atoms with Crippen LogP contribution >= 0.6 is 0 Å². The molecule has 0 aliphatic rings. The highest BCUT2D eigenvalue weighted by atomic mass is 16.6. The van der Waals surface area contributed by atoms with E-state index >= 15 is 0 Å². The van der Waals surface area contributed by atoms with Crippen molar-refractivity contribution < 1.29 is 28.6 Å². The van der Waals surface area contributed by atoms with Gasteiger partial charge in [-0.15, -0.1) is 0 Å². The fourth-order valence-corrected chi connectivity index (χ4v) is 9.83. The number of unbranched alkanes of at least 4 members (excludes halogenated alkanes) is 34. The summed E-state index contributed by atoms with van der Waals surface area (Å²) in [5.41, 5.74) is 0. The van der Waals surface area contributed by atoms with E-state index in [1.54, 1.807) is 0 Å². The third kappa shape index (κ3) is 66.9. The smallest absolute Gasteiger partial charge is 0.306 e. The van der Waals surface area contributed by atoms with E-state index < -0.39 is 6.10 Å². The third-order valence-corrected chi connectivity index (χ3v) is 15.0. The Morgan fingerprint density at radius 3 is 0.756 bits per heavy atom. The predicted octanol–water partition coefficient (Wildman–Crippen LogP) is 24.2. The van der Waals surface area contributed by atoms with Gasteiger partial charge in [-0.05, 0) is 122 Å². The highest BCUT2D eigenvalue weighted by molar-refractivity contribution is 5.71. The van der Waals surface area contributed by atoms with Gasteiger partial charge in [-0.2, -0.15) is 0 Å². The maximum absolute atomic E-state index is 12.9. The van der Waals surface area contributed by atoms with E-state index in [9.17, 15) is 14.4 Å². The first-order chi connectivity index (χ1) is 40.5. The minimum atomic E-state index is -0.788. The van der Waals surface area contributed by atoms with Gasteiger partial charge in [0.05, 0.1) is 0 Å². The van der Waals surface area contributed by atoms with Crippen molar-refractivity contribution in [1.29, 1.82) is 0 Å². The summed E-state index contributed by atoms with van der Waals surface area (Å²) in [5, 5.41) is 0. The molecule has 0 saturated heterocycles. The fraction of sp³-hybridized carbons (Fsp3) is 0.724. The largest absolute Gasteiger partial charge is 0.462 e. The minimum absolute atomic E-state index is 0.0830. The average Bonchev–Trinajstić information content (AvgIpc) is 3.48. The van der Waals surface area contributed by atoms with Gasteiger partial charge >= 0.3 is 17.9 Å². The molecule has 0 aromatic heterocycles. The molecular formula is C76H130O6. The molecule has 0 spiro atoms. The molecule has 0 heterocycles. The maximum Gasteiger partial charge on any atom is 0.306 e. The van der Waals surface area contributed by atoms with E-state index in [-0.39, 0.29) is 31.1 Å². The Hall–Kier alpha value is -3.93. The molecule has 0 bridgehead atoms. The number of hydrogen-bond acceptors (Lipinski definition) is 6.